The molecule has 0 spiro atoms. The molecule has 0 bridgehead atoms. The van der Waals surface area contributed by atoms with E-state index in [-0.39, 0.29) is 37.5 Å². The monoisotopic (exact) mass is 702 g/mol. The van der Waals surface area contributed by atoms with E-state index < -0.39 is 78.3 Å². The number of rotatable bonds is 21. The second kappa shape index (κ2) is 21.2. The number of benzene rings is 1. The highest BCUT2D eigenvalue weighted by molar-refractivity contribution is 5.96. The van der Waals surface area contributed by atoms with Crippen molar-refractivity contribution in [3.05, 3.63) is 35.9 Å². The first kappa shape index (κ1) is 42.1. The third-order valence-electron chi connectivity index (χ3n) is 8.56. The van der Waals surface area contributed by atoms with Crippen LogP contribution in [0.5, 0.6) is 0 Å². The van der Waals surface area contributed by atoms with E-state index in [9.17, 15) is 33.9 Å². The number of likely N-dealkylation sites (tertiary alicyclic amines) is 1. The van der Waals surface area contributed by atoms with Crippen molar-refractivity contribution in [2.45, 2.75) is 115 Å². The van der Waals surface area contributed by atoms with Crippen molar-refractivity contribution in [2.75, 3.05) is 19.7 Å². The van der Waals surface area contributed by atoms with Gasteiger partial charge in [-0.15, -0.1) is 0 Å². The number of primary amides is 1. The standard InChI is InChI=1S/C35H58N8O7/c1-21(2)17-26(32(47)39-25(13-8-9-15-36)35(50)43-16-10-14-29(43)30(38)45)41-33(48)27(18-22(3)4)42-34(49)28(40-31(46)24(37)20-44)19-23-11-6-5-7-12-23/h5-7,11-12,21-22,24-29,44H,8-10,13-20,36-37H2,1-4H3,(H2,38,45)(H,39,47)(H,40,46)(H,41,48)(H,42,49)/t24-,25-,26-,27-,28-,29-/m0/s1. The lowest BCUT2D eigenvalue weighted by Crippen LogP contribution is -2.60. The van der Waals surface area contributed by atoms with Gasteiger partial charge in [0, 0.05) is 13.0 Å². The largest absolute Gasteiger partial charge is 0.394 e. The zero-order valence-electron chi connectivity index (χ0n) is 29.9. The number of aliphatic hydroxyl groups is 1. The molecule has 1 saturated heterocycles. The van der Waals surface area contributed by atoms with Crippen molar-refractivity contribution < 1.29 is 33.9 Å². The van der Waals surface area contributed by atoms with Crippen LogP contribution in [0.2, 0.25) is 0 Å². The van der Waals surface area contributed by atoms with Crippen LogP contribution in [-0.2, 0) is 35.2 Å². The average Bonchev–Trinajstić information content (AvgIpc) is 3.57. The number of nitrogens with two attached hydrogens (primary N) is 3. The summed E-state index contributed by atoms with van der Waals surface area (Å²) in [6, 6.07) is 2.78. The van der Waals surface area contributed by atoms with Gasteiger partial charge in [0.15, 0.2) is 0 Å². The first-order chi connectivity index (χ1) is 23.7. The number of hydrogen-bond acceptors (Lipinski definition) is 9. The summed E-state index contributed by atoms with van der Waals surface area (Å²) in [7, 11) is 0. The van der Waals surface area contributed by atoms with E-state index in [0.29, 0.717) is 38.8 Å². The molecule has 1 aromatic rings. The number of carbonyl (C=O) groups excluding carboxylic acids is 6. The smallest absolute Gasteiger partial charge is 0.245 e. The summed E-state index contributed by atoms with van der Waals surface area (Å²) in [5.41, 5.74) is 17.7. The fourth-order valence-corrected chi connectivity index (χ4v) is 5.92. The van der Waals surface area contributed by atoms with Crippen LogP contribution in [0, 0.1) is 11.8 Å². The maximum Gasteiger partial charge on any atom is 0.245 e. The molecule has 1 fully saturated rings. The summed E-state index contributed by atoms with van der Waals surface area (Å²) in [4.78, 5) is 81.0. The summed E-state index contributed by atoms with van der Waals surface area (Å²) in [5, 5.41) is 20.3. The lowest BCUT2D eigenvalue weighted by atomic mass is 9.98. The predicted molar refractivity (Wildman–Crippen MR) is 189 cm³/mol. The number of unbranched alkanes of at least 4 members (excludes halogenated alkanes) is 1. The summed E-state index contributed by atoms with van der Waals surface area (Å²) in [5.74, 6) is -3.64. The second-order valence-electron chi connectivity index (χ2n) is 13.9. The molecule has 1 aliphatic rings. The summed E-state index contributed by atoms with van der Waals surface area (Å²) < 4.78 is 0. The van der Waals surface area contributed by atoms with Gasteiger partial charge in [-0.25, -0.2) is 0 Å². The third kappa shape index (κ3) is 13.7. The van der Waals surface area contributed by atoms with E-state index in [0.717, 1.165) is 5.56 Å². The van der Waals surface area contributed by atoms with Crippen LogP contribution in [0.25, 0.3) is 0 Å². The van der Waals surface area contributed by atoms with Gasteiger partial charge in [-0.05, 0) is 68.9 Å². The van der Waals surface area contributed by atoms with Crippen molar-refractivity contribution in [1.29, 1.82) is 0 Å². The summed E-state index contributed by atoms with van der Waals surface area (Å²) >= 11 is 0. The first-order valence-corrected chi connectivity index (χ1v) is 17.6. The maximum absolute atomic E-state index is 13.8. The van der Waals surface area contributed by atoms with Crippen LogP contribution >= 0.6 is 0 Å². The van der Waals surface area contributed by atoms with E-state index in [1.165, 1.54) is 4.90 Å². The Morgan fingerprint density at radius 3 is 1.82 bits per heavy atom. The number of hydrogen-bond donors (Lipinski definition) is 8. The van der Waals surface area contributed by atoms with Gasteiger partial charge < -0.3 is 48.5 Å². The Bertz CT molecular complexity index is 1280. The number of carbonyl (C=O) groups is 6. The number of nitrogens with one attached hydrogen (secondary N) is 4. The Morgan fingerprint density at radius 1 is 0.800 bits per heavy atom. The molecule has 0 unspecified atom stereocenters. The van der Waals surface area contributed by atoms with Crippen LogP contribution in [0.15, 0.2) is 30.3 Å². The Kier molecular flexibility index (Phi) is 17.9. The van der Waals surface area contributed by atoms with Gasteiger partial charge in [-0.2, -0.15) is 0 Å². The van der Waals surface area contributed by atoms with Crippen LogP contribution in [-0.4, -0.2) is 101 Å². The molecule has 0 saturated carbocycles. The lowest BCUT2D eigenvalue weighted by Gasteiger charge is -2.30. The molecular weight excluding hydrogens is 644 g/mol. The van der Waals surface area contributed by atoms with Crippen molar-refractivity contribution in [3.63, 3.8) is 0 Å². The number of nitrogens with zero attached hydrogens (tertiary/aromatic N) is 1. The first-order valence-electron chi connectivity index (χ1n) is 17.6. The molecule has 50 heavy (non-hydrogen) atoms. The molecule has 1 heterocycles. The van der Waals surface area contributed by atoms with E-state index in [1.807, 2.05) is 33.8 Å². The van der Waals surface area contributed by atoms with Crippen LogP contribution in [0.4, 0.5) is 0 Å². The van der Waals surface area contributed by atoms with Gasteiger partial charge in [-0.1, -0.05) is 58.0 Å². The Hall–Kier alpha value is -4.08. The number of aliphatic hydroxyl groups excluding tert-OH is 1. The second-order valence-corrected chi connectivity index (χ2v) is 13.9. The van der Waals surface area contributed by atoms with E-state index >= 15 is 0 Å². The lowest BCUT2D eigenvalue weighted by molar-refractivity contribution is -0.141. The zero-order chi connectivity index (χ0) is 37.4. The minimum Gasteiger partial charge on any atom is -0.394 e. The molecule has 6 atom stereocenters. The van der Waals surface area contributed by atoms with E-state index in [4.69, 9.17) is 17.2 Å². The topological polar surface area (TPSA) is 252 Å². The third-order valence-corrected chi connectivity index (χ3v) is 8.56. The van der Waals surface area contributed by atoms with Crippen molar-refractivity contribution in [1.82, 2.24) is 26.2 Å². The van der Waals surface area contributed by atoms with Crippen molar-refractivity contribution in [2.24, 2.45) is 29.0 Å². The zero-order valence-corrected chi connectivity index (χ0v) is 29.9. The fourth-order valence-electron chi connectivity index (χ4n) is 5.92. The minimum absolute atomic E-state index is 0.0328. The van der Waals surface area contributed by atoms with Gasteiger partial charge in [0.25, 0.3) is 0 Å². The minimum atomic E-state index is -1.25. The maximum atomic E-state index is 13.8. The highest BCUT2D eigenvalue weighted by Gasteiger charge is 2.38. The predicted octanol–water partition coefficient (Wildman–Crippen LogP) is -0.815. The molecule has 1 aliphatic heterocycles. The molecular formula is C35H58N8O7. The fraction of sp³-hybridized carbons (Fsp3) is 0.657. The van der Waals surface area contributed by atoms with Gasteiger partial charge in [0.1, 0.15) is 36.3 Å². The van der Waals surface area contributed by atoms with Gasteiger partial charge in [0.05, 0.1) is 6.61 Å². The molecule has 2 rings (SSSR count). The van der Waals surface area contributed by atoms with Crippen LogP contribution in [0.1, 0.15) is 78.2 Å². The Balaban J connectivity index is 2.30. The molecule has 11 N–H and O–H groups in total. The van der Waals surface area contributed by atoms with E-state index in [1.54, 1.807) is 24.3 Å². The number of amides is 6. The van der Waals surface area contributed by atoms with Crippen LogP contribution in [0.3, 0.4) is 0 Å². The molecule has 15 heteroatoms. The SMILES string of the molecule is CC(C)C[C@H](NC(=O)[C@H](Cc1ccccc1)NC(=O)[C@@H](N)CO)C(=O)N[C@@H](CC(C)C)C(=O)N[C@@H](CCCCN)C(=O)N1CCC[C@H]1C(N)=O. The quantitative estimate of drug-likeness (QED) is 0.0745. The summed E-state index contributed by atoms with van der Waals surface area (Å²) in [6.07, 6.45) is 3.08. The average molecular weight is 703 g/mol. The summed E-state index contributed by atoms with van der Waals surface area (Å²) in [6.45, 7) is 7.66. The van der Waals surface area contributed by atoms with Crippen molar-refractivity contribution in [3.8, 4) is 0 Å². The normalized spacial score (nSPS) is 17.4. The highest BCUT2D eigenvalue weighted by atomic mass is 16.3. The molecule has 0 aliphatic carbocycles. The van der Waals surface area contributed by atoms with E-state index in [2.05, 4.69) is 21.3 Å². The van der Waals surface area contributed by atoms with Crippen molar-refractivity contribution >= 4 is 35.4 Å². The molecule has 1 aromatic carbocycles. The molecule has 0 aromatic heterocycles. The van der Waals surface area contributed by atoms with Gasteiger partial charge in [0.2, 0.25) is 35.4 Å². The van der Waals surface area contributed by atoms with Crippen LogP contribution < -0.4 is 38.5 Å². The molecule has 15 nitrogen and oxygen atoms in total. The highest BCUT2D eigenvalue weighted by Crippen LogP contribution is 2.20. The molecule has 6 amide bonds. The molecule has 0 radical (unpaired) electrons. The Labute approximate surface area is 295 Å². The Morgan fingerprint density at radius 2 is 1.32 bits per heavy atom. The van der Waals surface area contributed by atoms with Gasteiger partial charge in [-0.3, -0.25) is 28.8 Å². The molecule has 280 valence electrons. The van der Waals surface area contributed by atoms with Gasteiger partial charge >= 0.3 is 0 Å².